The van der Waals surface area contributed by atoms with Gasteiger partial charge in [-0.25, -0.2) is 0 Å². The molecule has 1 aliphatic heterocycles. The van der Waals surface area contributed by atoms with Gasteiger partial charge in [0, 0.05) is 15.4 Å². The van der Waals surface area contributed by atoms with Crippen LogP contribution in [0.2, 0.25) is 0 Å². The molecule has 0 radical (unpaired) electrons. The zero-order valence-corrected chi connectivity index (χ0v) is 18.3. The number of ether oxygens (including phenoxy) is 1. The first-order chi connectivity index (χ1) is 14.5. The summed E-state index contributed by atoms with van der Waals surface area (Å²) < 4.78 is 6.25. The maximum Gasteiger partial charge on any atom is 0.293 e. The number of ketones is 1. The van der Waals surface area contributed by atoms with Crippen LogP contribution in [0.15, 0.2) is 70.0 Å². The van der Waals surface area contributed by atoms with E-state index in [0.29, 0.717) is 10.5 Å². The Labute approximate surface area is 185 Å². The van der Waals surface area contributed by atoms with Crippen LogP contribution in [-0.4, -0.2) is 35.5 Å². The molecule has 30 heavy (non-hydrogen) atoms. The molecule has 150 valence electrons. The van der Waals surface area contributed by atoms with Crippen molar-refractivity contribution in [1.82, 2.24) is 4.90 Å². The van der Waals surface area contributed by atoms with Crippen molar-refractivity contribution in [3.05, 3.63) is 81.2 Å². The molecule has 1 fully saturated rings. The summed E-state index contributed by atoms with van der Waals surface area (Å²) in [4.78, 5) is 39.0. The number of rotatable bonds is 5. The number of methoxy groups -OCH3 is 1. The van der Waals surface area contributed by atoms with Crippen LogP contribution in [0, 0.1) is 0 Å². The fraction of sp³-hybridized carbons (Fsp3) is 0.0870. The highest BCUT2D eigenvalue weighted by Crippen LogP contribution is 2.35. The van der Waals surface area contributed by atoms with E-state index in [9.17, 15) is 14.4 Å². The van der Waals surface area contributed by atoms with E-state index in [-0.39, 0.29) is 12.3 Å². The van der Waals surface area contributed by atoms with E-state index < -0.39 is 11.1 Å². The molecule has 3 aromatic carbocycles. The van der Waals surface area contributed by atoms with Crippen molar-refractivity contribution < 1.29 is 19.1 Å². The Bertz CT molecular complexity index is 1200. The molecule has 0 bridgehead atoms. The lowest BCUT2D eigenvalue weighted by Crippen LogP contribution is -2.33. The molecule has 1 aliphatic rings. The van der Waals surface area contributed by atoms with Crippen LogP contribution < -0.4 is 4.74 Å². The number of nitrogens with zero attached hydrogens (tertiary/aromatic N) is 1. The van der Waals surface area contributed by atoms with Gasteiger partial charge in [0.15, 0.2) is 5.78 Å². The first kappa shape index (κ1) is 20.4. The number of thioether (sulfide) groups is 1. The number of carbonyl (C=O) groups is 3. The summed E-state index contributed by atoms with van der Waals surface area (Å²) in [5.41, 5.74) is 1.25. The zero-order chi connectivity index (χ0) is 21.3. The molecule has 0 spiro atoms. The first-order valence-corrected chi connectivity index (χ1v) is 10.7. The minimum absolute atomic E-state index is 0.285. The van der Waals surface area contributed by atoms with E-state index >= 15 is 0 Å². The molecule has 4 rings (SSSR count). The standard InChI is InChI=1S/C23H16BrNO4S/c1-29-20-11-8-15(17-4-2-3-5-18(17)20)12-21-22(27)25(23(28)30-21)13-19(26)14-6-9-16(24)10-7-14/h2-12H,13H2,1H3/b21-12+. The van der Waals surface area contributed by atoms with Gasteiger partial charge in [-0.1, -0.05) is 58.4 Å². The predicted molar refractivity (Wildman–Crippen MR) is 122 cm³/mol. The normalized spacial score (nSPS) is 15.3. The van der Waals surface area contributed by atoms with Crippen molar-refractivity contribution >= 4 is 61.5 Å². The first-order valence-electron chi connectivity index (χ1n) is 9.08. The second-order valence-corrected chi connectivity index (χ2v) is 8.51. The summed E-state index contributed by atoms with van der Waals surface area (Å²) in [7, 11) is 1.61. The van der Waals surface area contributed by atoms with Crippen LogP contribution in [0.1, 0.15) is 15.9 Å². The molecule has 0 unspecified atom stereocenters. The summed E-state index contributed by atoms with van der Waals surface area (Å²) >= 11 is 4.16. The number of carbonyl (C=O) groups excluding carboxylic acids is 3. The molecule has 2 amide bonds. The fourth-order valence-electron chi connectivity index (χ4n) is 3.25. The highest BCUT2D eigenvalue weighted by Gasteiger charge is 2.36. The third-order valence-electron chi connectivity index (χ3n) is 4.77. The lowest BCUT2D eigenvalue weighted by Gasteiger charge is -2.11. The minimum Gasteiger partial charge on any atom is -0.496 e. The Morgan fingerprint density at radius 2 is 1.73 bits per heavy atom. The topological polar surface area (TPSA) is 63.7 Å². The average molecular weight is 482 g/mol. The smallest absolute Gasteiger partial charge is 0.293 e. The van der Waals surface area contributed by atoms with Gasteiger partial charge in [0.2, 0.25) is 0 Å². The highest BCUT2D eigenvalue weighted by atomic mass is 79.9. The van der Waals surface area contributed by atoms with Gasteiger partial charge in [-0.05, 0) is 47.0 Å². The fourth-order valence-corrected chi connectivity index (χ4v) is 4.34. The second-order valence-electron chi connectivity index (χ2n) is 6.60. The van der Waals surface area contributed by atoms with Crippen LogP contribution >= 0.6 is 27.7 Å². The van der Waals surface area contributed by atoms with Crippen molar-refractivity contribution in [3.63, 3.8) is 0 Å². The third kappa shape index (κ3) is 3.91. The molecule has 5 nitrogen and oxygen atoms in total. The summed E-state index contributed by atoms with van der Waals surface area (Å²) in [6.07, 6.45) is 1.69. The van der Waals surface area contributed by atoms with Gasteiger partial charge < -0.3 is 4.74 Å². The number of Topliss-reactive ketones (excluding diaryl/α,β-unsaturated/α-hetero) is 1. The Hall–Kier alpha value is -2.90. The molecule has 0 atom stereocenters. The van der Waals surface area contributed by atoms with E-state index in [1.165, 1.54) is 0 Å². The van der Waals surface area contributed by atoms with E-state index in [1.807, 2.05) is 36.4 Å². The zero-order valence-electron chi connectivity index (χ0n) is 15.9. The van der Waals surface area contributed by atoms with Crippen molar-refractivity contribution in [3.8, 4) is 5.75 Å². The maximum absolute atomic E-state index is 12.8. The quantitative estimate of drug-likeness (QED) is 0.354. The van der Waals surface area contributed by atoms with Gasteiger partial charge in [0.1, 0.15) is 5.75 Å². The lowest BCUT2D eigenvalue weighted by molar-refractivity contribution is -0.122. The summed E-state index contributed by atoms with van der Waals surface area (Å²) in [6.45, 7) is -0.285. The number of hydrogen-bond acceptors (Lipinski definition) is 5. The number of halogens is 1. The van der Waals surface area contributed by atoms with Gasteiger partial charge in [0.05, 0.1) is 18.6 Å². The van der Waals surface area contributed by atoms with Crippen molar-refractivity contribution in [2.45, 2.75) is 0 Å². The Kier molecular flexibility index (Phi) is 5.74. The Morgan fingerprint density at radius 3 is 2.43 bits per heavy atom. The molecular formula is C23H16BrNO4S. The van der Waals surface area contributed by atoms with Gasteiger partial charge in [-0.3, -0.25) is 19.3 Å². The van der Waals surface area contributed by atoms with Crippen molar-refractivity contribution in [1.29, 1.82) is 0 Å². The van der Waals surface area contributed by atoms with E-state index in [0.717, 1.165) is 43.2 Å². The molecule has 1 heterocycles. The van der Waals surface area contributed by atoms with Crippen LogP contribution in [-0.2, 0) is 4.79 Å². The van der Waals surface area contributed by atoms with Crippen LogP contribution in [0.3, 0.4) is 0 Å². The Morgan fingerprint density at radius 1 is 1.03 bits per heavy atom. The minimum atomic E-state index is -0.463. The molecule has 0 aromatic heterocycles. The molecule has 1 saturated heterocycles. The predicted octanol–water partition coefficient (Wildman–Crippen LogP) is 5.53. The van der Waals surface area contributed by atoms with Gasteiger partial charge >= 0.3 is 0 Å². The molecule has 0 aliphatic carbocycles. The number of amides is 2. The average Bonchev–Trinajstić information content (AvgIpc) is 3.01. The van der Waals surface area contributed by atoms with Crippen molar-refractivity contribution in [2.75, 3.05) is 13.7 Å². The van der Waals surface area contributed by atoms with E-state index in [2.05, 4.69) is 15.9 Å². The Balaban J connectivity index is 1.61. The van der Waals surface area contributed by atoms with E-state index in [4.69, 9.17) is 4.74 Å². The second kappa shape index (κ2) is 8.45. The summed E-state index contributed by atoms with van der Waals surface area (Å²) in [6, 6.07) is 18.2. The largest absolute Gasteiger partial charge is 0.496 e. The molecule has 7 heteroatoms. The molecule has 0 N–H and O–H groups in total. The third-order valence-corrected chi connectivity index (χ3v) is 6.20. The maximum atomic E-state index is 12.8. The number of imide groups is 1. The number of hydrogen-bond donors (Lipinski definition) is 0. The lowest BCUT2D eigenvalue weighted by atomic mass is 10.0. The summed E-state index contributed by atoms with van der Waals surface area (Å²) in [5, 5.41) is 1.38. The van der Waals surface area contributed by atoms with Gasteiger partial charge in [-0.15, -0.1) is 0 Å². The van der Waals surface area contributed by atoms with Gasteiger partial charge in [0.25, 0.3) is 11.1 Å². The van der Waals surface area contributed by atoms with Crippen LogP contribution in [0.5, 0.6) is 5.75 Å². The number of benzene rings is 3. The van der Waals surface area contributed by atoms with E-state index in [1.54, 1.807) is 37.5 Å². The summed E-state index contributed by atoms with van der Waals surface area (Å²) in [5.74, 6) is -0.0211. The monoisotopic (exact) mass is 481 g/mol. The number of fused-ring (bicyclic) bond motifs is 1. The molecule has 0 saturated carbocycles. The molecule has 3 aromatic rings. The van der Waals surface area contributed by atoms with Crippen LogP contribution in [0.4, 0.5) is 4.79 Å². The van der Waals surface area contributed by atoms with Crippen molar-refractivity contribution in [2.24, 2.45) is 0 Å². The highest BCUT2D eigenvalue weighted by molar-refractivity contribution is 9.10. The molecular weight excluding hydrogens is 466 g/mol. The van der Waals surface area contributed by atoms with Crippen LogP contribution in [0.25, 0.3) is 16.8 Å². The van der Waals surface area contributed by atoms with Gasteiger partial charge in [-0.2, -0.15) is 0 Å². The SMILES string of the molecule is COc1ccc(/C=C2/SC(=O)N(CC(=O)c3ccc(Br)cc3)C2=O)c2ccccc12.